The summed E-state index contributed by atoms with van der Waals surface area (Å²) in [7, 11) is -4.25. The van der Waals surface area contributed by atoms with Crippen LogP contribution in [0.4, 0.5) is 23.5 Å². The van der Waals surface area contributed by atoms with E-state index in [4.69, 9.17) is 10.5 Å². The molecule has 2 N–H and O–H groups in total. The smallest absolute Gasteiger partial charge is 0.381 e. The highest BCUT2D eigenvalue weighted by atomic mass is 32.2. The summed E-state index contributed by atoms with van der Waals surface area (Å²) in [6, 6.07) is 5.49. The van der Waals surface area contributed by atoms with Crippen LogP contribution in [0.15, 0.2) is 47.8 Å². The van der Waals surface area contributed by atoms with Gasteiger partial charge in [0.05, 0.1) is 5.25 Å². The molecule has 1 aliphatic rings. The molecule has 4 rings (SSSR count). The van der Waals surface area contributed by atoms with Gasteiger partial charge < -0.3 is 10.5 Å². The number of nitrogens with two attached hydrogens (primary N) is 1. The normalized spacial score (nSPS) is 15.5. The van der Waals surface area contributed by atoms with Crippen LogP contribution in [0.1, 0.15) is 18.5 Å². The number of hydrogen-bond acceptors (Lipinski definition) is 7. The van der Waals surface area contributed by atoms with Crippen LogP contribution in [0.2, 0.25) is 0 Å². The molecule has 1 saturated heterocycles. The number of aromatic nitrogens is 3. The van der Waals surface area contributed by atoms with E-state index in [1.54, 1.807) is 0 Å². The fourth-order valence-electron chi connectivity index (χ4n) is 3.57. The second-order valence-corrected chi connectivity index (χ2v) is 9.57. The Balaban J connectivity index is 1.83. The first-order valence-electron chi connectivity index (χ1n) is 9.85. The first-order chi connectivity index (χ1) is 15.6. The number of halogens is 4. The van der Waals surface area contributed by atoms with Gasteiger partial charge in [-0.3, -0.25) is 0 Å². The molecule has 0 saturated carbocycles. The summed E-state index contributed by atoms with van der Waals surface area (Å²) in [6.07, 6.45) is -1.95. The Hall–Kier alpha value is -3.12. The lowest BCUT2D eigenvalue weighted by Gasteiger charge is -2.23. The lowest BCUT2D eigenvalue weighted by molar-refractivity contribution is -0.141. The van der Waals surface area contributed by atoms with Gasteiger partial charge in [-0.2, -0.15) is 13.2 Å². The van der Waals surface area contributed by atoms with Crippen LogP contribution in [0.3, 0.4) is 0 Å². The summed E-state index contributed by atoms with van der Waals surface area (Å²) < 4.78 is 86.5. The van der Waals surface area contributed by atoms with Crippen LogP contribution in [-0.4, -0.2) is 41.8 Å². The number of alkyl halides is 3. The molecule has 3 heterocycles. The number of hydrogen-bond donors (Lipinski definition) is 1. The number of sulfone groups is 1. The van der Waals surface area contributed by atoms with Crippen molar-refractivity contribution in [1.29, 1.82) is 0 Å². The van der Waals surface area contributed by atoms with Gasteiger partial charge in [0.25, 0.3) is 0 Å². The largest absolute Gasteiger partial charge is 0.433 e. The van der Waals surface area contributed by atoms with E-state index in [0.717, 1.165) is 12.1 Å². The molecule has 0 unspecified atom stereocenters. The average Bonchev–Trinajstić information content (AvgIpc) is 2.79. The van der Waals surface area contributed by atoms with E-state index in [1.807, 2.05) is 0 Å². The van der Waals surface area contributed by atoms with Crippen molar-refractivity contribution in [2.75, 3.05) is 18.9 Å². The molecule has 3 aromatic rings. The van der Waals surface area contributed by atoms with Crippen molar-refractivity contribution in [2.24, 2.45) is 0 Å². The molecule has 0 bridgehead atoms. The fourth-order valence-corrected chi connectivity index (χ4v) is 5.42. The molecule has 1 aromatic carbocycles. The zero-order chi connectivity index (χ0) is 23.8. The number of nitrogen functional groups attached to an aromatic ring is 1. The van der Waals surface area contributed by atoms with Gasteiger partial charge in [-0.05, 0) is 36.6 Å². The Morgan fingerprint density at radius 3 is 2.21 bits per heavy atom. The number of benzene rings is 1. The van der Waals surface area contributed by atoms with E-state index in [2.05, 4.69) is 15.0 Å². The molecule has 7 nitrogen and oxygen atoms in total. The van der Waals surface area contributed by atoms with E-state index in [0.29, 0.717) is 11.6 Å². The Morgan fingerprint density at radius 1 is 0.970 bits per heavy atom. The number of pyridine rings is 1. The SMILES string of the molecule is Nc1ncc(-c2ccc(-c3ccc(C(F)(F)F)nc3S(=O)(=O)C3CCOCC3)cc2F)cn1. The molecule has 12 heteroatoms. The third-order valence-corrected chi connectivity index (χ3v) is 7.49. The highest BCUT2D eigenvalue weighted by molar-refractivity contribution is 7.92. The molecule has 33 heavy (non-hydrogen) atoms. The molecule has 0 aliphatic carbocycles. The molecular formula is C21H18F4N4O3S. The monoisotopic (exact) mass is 482 g/mol. The third kappa shape index (κ3) is 4.67. The summed E-state index contributed by atoms with van der Waals surface area (Å²) >= 11 is 0. The average molecular weight is 482 g/mol. The molecule has 0 atom stereocenters. The quantitative estimate of drug-likeness (QED) is 0.562. The van der Waals surface area contributed by atoms with Gasteiger partial charge in [0.2, 0.25) is 5.95 Å². The van der Waals surface area contributed by atoms with Crippen molar-refractivity contribution < 1.29 is 30.7 Å². The summed E-state index contributed by atoms with van der Waals surface area (Å²) in [6.45, 7) is 0.344. The van der Waals surface area contributed by atoms with Gasteiger partial charge in [-0.15, -0.1) is 0 Å². The highest BCUT2D eigenvalue weighted by Gasteiger charge is 2.38. The minimum absolute atomic E-state index is 0.00886. The van der Waals surface area contributed by atoms with Crippen molar-refractivity contribution >= 4 is 15.8 Å². The van der Waals surface area contributed by atoms with Crippen molar-refractivity contribution in [3.8, 4) is 22.3 Å². The van der Waals surface area contributed by atoms with E-state index in [9.17, 15) is 26.0 Å². The first kappa shape index (κ1) is 23.1. The Bertz CT molecular complexity index is 1280. The maximum absolute atomic E-state index is 14.9. The molecule has 2 aromatic heterocycles. The van der Waals surface area contributed by atoms with Crippen molar-refractivity contribution in [2.45, 2.75) is 29.3 Å². The zero-order valence-electron chi connectivity index (χ0n) is 17.0. The van der Waals surface area contributed by atoms with Gasteiger partial charge in [0, 0.05) is 42.3 Å². The van der Waals surface area contributed by atoms with Gasteiger partial charge in [0.1, 0.15) is 11.5 Å². The Morgan fingerprint density at radius 2 is 1.61 bits per heavy atom. The van der Waals surface area contributed by atoms with Crippen LogP contribution in [0.5, 0.6) is 0 Å². The van der Waals surface area contributed by atoms with Crippen molar-refractivity contribution in [3.05, 3.63) is 54.2 Å². The van der Waals surface area contributed by atoms with Crippen LogP contribution < -0.4 is 5.73 Å². The predicted octanol–water partition coefficient (Wildman–Crippen LogP) is 3.90. The summed E-state index contributed by atoms with van der Waals surface area (Å²) in [5.41, 5.74) is 4.49. The maximum Gasteiger partial charge on any atom is 0.433 e. The van der Waals surface area contributed by atoms with Crippen LogP contribution >= 0.6 is 0 Å². The van der Waals surface area contributed by atoms with E-state index in [-0.39, 0.29) is 48.7 Å². The molecule has 1 aliphatic heterocycles. The molecule has 0 amide bonds. The van der Waals surface area contributed by atoms with Crippen molar-refractivity contribution in [3.63, 3.8) is 0 Å². The number of rotatable bonds is 4. The summed E-state index contributed by atoms with van der Waals surface area (Å²) in [4.78, 5) is 11.1. The molecule has 1 fully saturated rings. The topological polar surface area (TPSA) is 108 Å². The Labute approximate surface area is 186 Å². The van der Waals surface area contributed by atoms with Gasteiger partial charge >= 0.3 is 6.18 Å². The van der Waals surface area contributed by atoms with Crippen LogP contribution in [0, 0.1) is 5.82 Å². The summed E-state index contributed by atoms with van der Waals surface area (Å²) in [5.74, 6) is -0.732. The van der Waals surface area contributed by atoms with Crippen LogP contribution in [-0.2, 0) is 20.8 Å². The standard InChI is InChI=1S/C21H18F4N4O3S/c22-17-9-12(1-2-15(17)13-10-27-20(26)28-11-13)16-3-4-18(21(23,24)25)29-19(16)33(30,31)14-5-7-32-8-6-14/h1-4,9-11,14H,5-8H2,(H2,26,27,28). The third-order valence-electron chi connectivity index (χ3n) is 5.29. The molecule has 0 radical (unpaired) electrons. The van der Waals surface area contributed by atoms with Crippen molar-refractivity contribution in [1.82, 2.24) is 15.0 Å². The maximum atomic E-state index is 14.9. The number of anilines is 1. The Kier molecular flexibility index (Phi) is 6.06. The lowest BCUT2D eigenvalue weighted by atomic mass is 10.0. The van der Waals surface area contributed by atoms with E-state index in [1.165, 1.54) is 24.5 Å². The first-order valence-corrected chi connectivity index (χ1v) is 11.4. The zero-order valence-corrected chi connectivity index (χ0v) is 17.8. The molecule has 0 spiro atoms. The predicted molar refractivity (Wildman–Crippen MR) is 111 cm³/mol. The minimum Gasteiger partial charge on any atom is -0.381 e. The van der Waals surface area contributed by atoms with Crippen LogP contribution in [0.25, 0.3) is 22.3 Å². The van der Waals surface area contributed by atoms with Gasteiger partial charge in [0.15, 0.2) is 14.9 Å². The lowest BCUT2D eigenvalue weighted by Crippen LogP contribution is -2.30. The second-order valence-electron chi connectivity index (χ2n) is 7.43. The fraction of sp³-hybridized carbons (Fsp3) is 0.286. The molecular weight excluding hydrogens is 464 g/mol. The van der Waals surface area contributed by atoms with E-state index >= 15 is 0 Å². The second kappa shape index (κ2) is 8.67. The molecule has 174 valence electrons. The van der Waals surface area contributed by atoms with Gasteiger partial charge in [-0.1, -0.05) is 12.1 Å². The number of ether oxygens (including phenoxy) is 1. The van der Waals surface area contributed by atoms with Gasteiger partial charge in [-0.25, -0.2) is 27.8 Å². The minimum atomic E-state index is -4.84. The van der Waals surface area contributed by atoms with E-state index < -0.39 is 37.8 Å². The summed E-state index contributed by atoms with van der Waals surface area (Å²) in [5, 5.41) is -1.68. The number of nitrogens with zero attached hydrogens (tertiary/aromatic N) is 3. The highest BCUT2D eigenvalue weighted by Crippen LogP contribution is 2.36.